The van der Waals surface area contributed by atoms with Crippen molar-refractivity contribution in [3.05, 3.63) is 35.9 Å². The van der Waals surface area contributed by atoms with Crippen molar-refractivity contribution in [1.82, 2.24) is 0 Å². The van der Waals surface area contributed by atoms with E-state index in [4.69, 9.17) is 9.47 Å². The molecule has 114 valence electrons. The van der Waals surface area contributed by atoms with Gasteiger partial charge < -0.3 is 14.2 Å². The van der Waals surface area contributed by atoms with Crippen molar-refractivity contribution < 1.29 is 23.8 Å². The molecule has 1 aromatic carbocycles. The number of ether oxygens (including phenoxy) is 3. The van der Waals surface area contributed by atoms with E-state index in [1.54, 1.807) is 7.11 Å². The maximum Gasteiger partial charge on any atom is 0.313 e. The summed E-state index contributed by atoms with van der Waals surface area (Å²) in [4.78, 5) is 22.2. The number of carbonyl (C=O) groups excluding carboxylic acids is 2. The lowest BCUT2D eigenvalue weighted by atomic mass is 10.2. The second kappa shape index (κ2) is 9.72. The van der Waals surface area contributed by atoms with Gasteiger partial charge in [0.2, 0.25) is 0 Å². The van der Waals surface area contributed by atoms with Crippen LogP contribution in [0.1, 0.15) is 18.4 Å². The first-order valence-corrected chi connectivity index (χ1v) is 6.62. The van der Waals surface area contributed by atoms with Gasteiger partial charge in [-0.1, -0.05) is 24.3 Å². The zero-order chi connectivity index (χ0) is 15.5. The van der Waals surface area contributed by atoms with E-state index in [0.717, 1.165) is 11.3 Å². The second-order valence-electron chi connectivity index (χ2n) is 4.29. The van der Waals surface area contributed by atoms with Crippen LogP contribution in [0.5, 0.6) is 5.75 Å². The molecular weight excluding hydrogens is 272 g/mol. The molecule has 5 heteroatoms. The number of benzene rings is 1. The van der Waals surface area contributed by atoms with Gasteiger partial charge in [-0.25, -0.2) is 0 Å². The van der Waals surface area contributed by atoms with E-state index in [2.05, 4.69) is 4.74 Å². The number of carbonyl (C=O) groups is 2. The normalized spacial score (nSPS) is 10.6. The molecule has 0 aliphatic heterocycles. The van der Waals surface area contributed by atoms with Crippen LogP contribution in [0.15, 0.2) is 30.3 Å². The van der Waals surface area contributed by atoms with E-state index in [1.807, 2.05) is 36.4 Å². The van der Waals surface area contributed by atoms with Crippen LogP contribution in [0, 0.1) is 0 Å². The lowest BCUT2D eigenvalue weighted by Gasteiger charge is -2.01. The van der Waals surface area contributed by atoms with E-state index in [1.165, 1.54) is 7.11 Å². The Morgan fingerprint density at radius 1 is 1.14 bits per heavy atom. The first-order valence-electron chi connectivity index (χ1n) is 6.62. The van der Waals surface area contributed by atoms with E-state index in [-0.39, 0.29) is 18.6 Å². The van der Waals surface area contributed by atoms with Gasteiger partial charge in [0, 0.05) is 6.42 Å². The largest absolute Gasteiger partial charge is 0.497 e. The number of rotatable bonds is 9. The Morgan fingerprint density at radius 3 is 2.48 bits per heavy atom. The number of ketones is 1. The SMILES string of the molecule is COC(=O)CC(=O)CCOC/C=C/c1ccc(OC)cc1. The second-order valence-corrected chi connectivity index (χ2v) is 4.29. The lowest BCUT2D eigenvalue weighted by Crippen LogP contribution is -2.11. The topological polar surface area (TPSA) is 61.8 Å². The minimum atomic E-state index is -0.514. The monoisotopic (exact) mass is 292 g/mol. The number of Topliss-reactive ketones (excluding diaryl/α,β-unsaturated/α-hetero) is 1. The number of esters is 1. The number of hydrogen-bond donors (Lipinski definition) is 0. The van der Waals surface area contributed by atoms with E-state index < -0.39 is 5.97 Å². The third kappa shape index (κ3) is 7.27. The molecule has 0 N–H and O–H groups in total. The molecule has 0 heterocycles. The molecule has 0 saturated carbocycles. The van der Waals surface area contributed by atoms with Crippen molar-refractivity contribution in [3.63, 3.8) is 0 Å². The van der Waals surface area contributed by atoms with E-state index in [0.29, 0.717) is 13.2 Å². The Balaban J connectivity index is 2.17. The van der Waals surface area contributed by atoms with Gasteiger partial charge in [0.15, 0.2) is 0 Å². The van der Waals surface area contributed by atoms with Crippen molar-refractivity contribution in [1.29, 1.82) is 0 Å². The van der Waals surface area contributed by atoms with Gasteiger partial charge in [-0.05, 0) is 17.7 Å². The summed E-state index contributed by atoms with van der Waals surface area (Å²) in [6, 6.07) is 7.64. The first-order chi connectivity index (χ1) is 10.2. The molecule has 0 amide bonds. The molecule has 0 spiro atoms. The van der Waals surface area contributed by atoms with Crippen molar-refractivity contribution in [2.45, 2.75) is 12.8 Å². The summed E-state index contributed by atoms with van der Waals surface area (Å²) in [6.07, 6.45) is 3.81. The van der Waals surface area contributed by atoms with Crippen molar-refractivity contribution in [2.75, 3.05) is 27.4 Å². The molecule has 0 saturated heterocycles. The highest BCUT2D eigenvalue weighted by molar-refractivity contribution is 5.95. The van der Waals surface area contributed by atoms with Crippen molar-refractivity contribution in [3.8, 4) is 5.75 Å². The molecular formula is C16H20O5. The zero-order valence-electron chi connectivity index (χ0n) is 12.3. The first kappa shape index (κ1) is 16.9. The van der Waals surface area contributed by atoms with Crippen LogP contribution in [-0.4, -0.2) is 39.2 Å². The summed E-state index contributed by atoms with van der Waals surface area (Å²) in [6.45, 7) is 0.709. The molecule has 0 unspecified atom stereocenters. The van der Waals surface area contributed by atoms with Crippen LogP contribution in [0.4, 0.5) is 0 Å². The molecule has 0 radical (unpaired) electrons. The minimum Gasteiger partial charge on any atom is -0.497 e. The maximum absolute atomic E-state index is 11.3. The fourth-order valence-corrected chi connectivity index (χ4v) is 1.56. The summed E-state index contributed by atoms with van der Waals surface area (Å²) in [7, 11) is 2.89. The third-order valence-corrected chi connectivity index (χ3v) is 2.73. The molecule has 5 nitrogen and oxygen atoms in total. The van der Waals surface area contributed by atoms with Gasteiger partial charge in [-0.3, -0.25) is 9.59 Å². The predicted octanol–water partition coefficient (Wildman–Crippen LogP) is 2.25. The Morgan fingerprint density at radius 2 is 1.86 bits per heavy atom. The van der Waals surface area contributed by atoms with Crippen molar-refractivity contribution in [2.24, 2.45) is 0 Å². The van der Waals surface area contributed by atoms with Gasteiger partial charge in [0.1, 0.15) is 18.0 Å². The zero-order valence-corrected chi connectivity index (χ0v) is 12.3. The molecule has 0 fully saturated rings. The summed E-state index contributed by atoms with van der Waals surface area (Å²) in [5.74, 6) is 0.118. The van der Waals surface area contributed by atoms with Crippen LogP contribution in [0.25, 0.3) is 6.08 Å². The minimum absolute atomic E-state index is 0.180. The van der Waals surface area contributed by atoms with Gasteiger partial charge in [-0.15, -0.1) is 0 Å². The van der Waals surface area contributed by atoms with Gasteiger partial charge >= 0.3 is 5.97 Å². The number of hydrogen-bond acceptors (Lipinski definition) is 5. The molecule has 0 atom stereocenters. The van der Waals surface area contributed by atoms with Gasteiger partial charge in [0.25, 0.3) is 0 Å². The smallest absolute Gasteiger partial charge is 0.313 e. The molecule has 1 aromatic rings. The highest BCUT2D eigenvalue weighted by atomic mass is 16.5. The van der Waals surface area contributed by atoms with Crippen LogP contribution in [0.3, 0.4) is 0 Å². The van der Waals surface area contributed by atoms with Crippen LogP contribution in [-0.2, 0) is 19.1 Å². The summed E-state index contributed by atoms with van der Waals surface area (Å²) in [5, 5.41) is 0. The van der Waals surface area contributed by atoms with Crippen LogP contribution in [0.2, 0.25) is 0 Å². The van der Waals surface area contributed by atoms with E-state index in [9.17, 15) is 9.59 Å². The molecule has 1 rings (SSSR count). The summed E-state index contributed by atoms with van der Waals surface area (Å²) >= 11 is 0. The van der Waals surface area contributed by atoms with Crippen molar-refractivity contribution >= 4 is 17.8 Å². The summed E-state index contributed by atoms with van der Waals surface area (Å²) < 4.78 is 14.8. The summed E-state index contributed by atoms with van der Waals surface area (Å²) in [5.41, 5.74) is 1.04. The number of methoxy groups -OCH3 is 2. The molecule has 0 aromatic heterocycles. The van der Waals surface area contributed by atoms with E-state index >= 15 is 0 Å². The van der Waals surface area contributed by atoms with Gasteiger partial charge in [0.05, 0.1) is 27.4 Å². The standard InChI is InChI=1S/C16H20O5/c1-19-15-7-5-13(6-8-15)4-3-10-21-11-9-14(17)12-16(18)20-2/h3-8H,9-12H2,1-2H3/b4-3+. The van der Waals surface area contributed by atoms with Crippen LogP contribution < -0.4 is 4.74 Å². The molecule has 0 aliphatic carbocycles. The third-order valence-electron chi connectivity index (χ3n) is 2.73. The van der Waals surface area contributed by atoms with Crippen LogP contribution >= 0.6 is 0 Å². The Kier molecular flexibility index (Phi) is 7.82. The highest BCUT2D eigenvalue weighted by Gasteiger charge is 2.08. The lowest BCUT2D eigenvalue weighted by molar-refractivity contribution is -0.143. The molecule has 0 bridgehead atoms. The molecule has 21 heavy (non-hydrogen) atoms. The molecule has 0 aliphatic rings. The average Bonchev–Trinajstić information content (AvgIpc) is 2.51. The van der Waals surface area contributed by atoms with Gasteiger partial charge in [-0.2, -0.15) is 0 Å². The quantitative estimate of drug-likeness (QED) is 0.397. The average molecular weight is 292 g/mol. The Labute approximate surface area is 124 Å². The fraction of sp³-hybridized carbons (Fsp3) is 0.375. The predicted molar refractivity (Wildman–Crippen MR) is 79.1 cm³/mol. The highest BCUT2D eigenvalue weighted by Crippen LogP contribution is 2.12. The Hall–Kier alpha value is -2.14. The Bertz CT molecular complexity index is 476. The fourth-order valence-electron chi connectivity index (χ4n) is 1.56. The maximum atomic E-state index is 11.3.